The van der Waals surface area contributed by atoms with E-state index in [9.17, 15) is 4.79 Å². The molecule has 3 saturated heterocycles. The van der Waals surface area contributed by atoms with Crippen molar-refractivity contribution in [1.82, 2.24) is 4.90 Å². The van der Waals surface area contributed by atoms with E-state index in [4.69, 9.17) is 28.4 Å². The number of hydrogen-bond donors (Lipinski definition) is 1. The Kier molecular flexibility index (Phi) is 9.60. The maximum atomic E-state index is 12.9. The van der Waals surface area contributed by atoms with Crippen LogP contribution in [0.25, 0.3) is 0 Å². The topological polar surface area (TPSA) is 87.7 Å². The maximum Gasteiger partial charge on any atom is 0.412 e. The Morgan fingerprint density at radius 2 is 1.83 bits per heavy atom. The summed E-state index contributed by atoms with van der Waals surface area (Å²) in [6.45, 7) is 10.2. The predicted octanol–water partition coefficient (Wildman–Crippen LogP) is 4.17. The number of ether oxygens (including phenoxy) is 6. The van der Waals surface area contributed by atoms with Crippen molar-refractivity contribution in [2.75, 3.05) is 51.4 Å². The van der Waals surface area contributed by atoms with Crippen LogP contribution in [0.3, 0.4) is 0 Å². The summed E-state index contributed by atoms with van der Waals surface area (Å²) in [7, 11) is 0. The molecule has 0 radical (unpaired) electrons. The van der Waals surface area contributed by atoms with Crippen molar-refractivity contribution in [3.63, 3.8) is 0 Å². The molecule has 0 saturated carbocycles. The van der Waals surface area contributed by atoms with Gasteiger partial charge in [0, 0.05) is 31.9 Å². The number of fused-ring (bicyclic) bond motifs is 1. The first-order valence-electron chi connectivity index (χ1n) is 13.4. The van der Waals surface area contributed by atoms with Gasteiger partial charge in [-0.25, -0.2) is 4.79 Å². The standard InChI is InChI=1S/C27H42N2O7/c1-4-5-6-7-11-16-32-20-27-24(35-26(2,3)36-27)23(22(34-27)19-29-14-17-31-18-15-29)33-25(30)28-21-12-9-8-10-13-21/h8-10,12-13,22-24H,4-7,11,14-20H2,1-3H3,(H,28,30)/t22-,23+,24-,27-/m0/s1. The molecule has 0 bridgehead atoms. The Bertz CT molecular complexity index is 818. The zero-order valence-electron chi connectivity index (χ0n) is 21.9. The first kappa shape index (κ1) is 27.3. The zero-order chi connectivity index (χ0) is 25.4. The third-order valence-electron chi connectivity index (χ3n) is 6.78. The number of unbranched alkanes of at least 4 members (excludes halogenated alkanes) is 4. The van der Waals surface area contributed by atoms with Gasteiger partial charge in [-0.2, -0.15) is 0 Å². The number of benzene rings is 1. The van der Waals surface area contributed by atoms with Crippen LogP contribution in [-0.2, 0) is 28.4 Å². The Morgan fingerprint density at radius 3 is 2.58 bits per heavy atom. The molecular weight excluding hydrogens is 464 g/mol. The molecule has 9 nitrogen and oxygen atoms in total. The Morgan fingerprint density at radius 1 is 1.08 bits per heavy atom. The van der Waals surface area contributed by atoms with E-state index in [-0.39, 0.29) is 6.61 Å². The van der Waals surface area contributed by atoms with Crippen molar-refractivity contribution in [2.24, 2.45) is 0 Å². The maximum absolute atomic E-state index is 12.9. The molecule has 3 aliphatic heterocycles. The third-order valence-corrected chi connectivity index (χ3v) is 6.78. The fourth-order valence-corrected chi connectivity index (χ4v) is 5.10. The average molecular weight is 507 g/mol. The predicted molar refractivity (Wildman–Crippen MR) is 135 cm³/mol. The summed E-state index contributed by atoms with van der Waals surface area (Å²) >= 11 is 0. The molecule has 4 rings (SSSR count). The van der Waals surface area contributed by atoms with Gasteiger partial charge >= 0.3 is 6.09 Å². The van der Waals surface area contributed by atoms with E-state index in [2.05, 4.69) is 17.1 Å². The fraction of sp³-hybridized carbons (Fsp3) is 0.741. The molecule has 1 N–H and O–H groups in total. The third kappa shape index (κ3) is 7.18. The van der Waals surface area contributed by atoms with Crippen molar-refractivity contribution in [3.8, 4) is 0 Å². The van der Waals surface area contributed by atoms with E-state index < -0.39 is 36.0 Å². The van der Waals surface area contributed by atoms with Crippen molar-refractivity contribution in [1.29, 1.82) is 0 Å². The number of morpholine rings is 1. The van der Waals surface area contributed by atoms with Gasteiger partial charge in [-0.15, -0.1) is 0 Å². The lowest BCUT2D eigenvalue weighted by Gasteiger charge is -2.33. The molecular formula is C27H42N2O7. The van der Waals surface area contributed by atoms with Crippen LogP contribution in [0.1, 0.15) is 52.9 Å². The molecule has 202 valence electrons. The number of nitrogens with zero attached hydrogens (tertiary/aromatic N) is 1. The Balaban J connectivity index is 1.45. The summed E-state index contributed by atoms with van der Waals surface area (Å²) in [5, 5.41) is 2.80. The quantitative estimate of drug-likeness (QED) is 0.423. The summed E-state index contributed by atoms with van der Waals surface area (Å²) in [6, 6.07) is 9.24. The number of rotatable bonds is 12. The molecule has 3 aliphatic rings. The summed E-state index contributed by atoms with van der Waals surface area (Å²) in [6.07, 6.45) is 3.54. The number of hydrogen-bond acceptors (Lipinski definition) is 8. The minimum Gasteiger partial charge on any atom is -0.440 e. The average Bonchev–Trinajstić information content (AvgIpc) is 3.26. The molecule has 3 fully saturated rings. The minimum absolute atomic E-state index is 0.217. The molecule has 1 amide bonds. The van der Waals surface area contributed by atoms with Crippen LogP contribution in [0.4, 0.5) is 10.5 Å². The normalized spacial score (nSPS) is 29.7. The molecule has 36 heavy (non-hydrogen) atoms. The number of anilines is 1. The smallest absolute Gasteiger partial charge is 0.412 e. The Hall–Kier alpha value is -1.75. The number of carbonyl (C=O) groups is 1. The van der Waals surface area contributed by atoms with E-state index in [1.54, 1.807) is 0 Å². The van der Waals surface area contributed by atoms with Gasteiger partial charge in [0.15, 0.2) is 18.0 Å². The molecule has 0 aliphatic carbocycles. The van der Waals surface area contributed by atoms with Crippen molar-refractivity contribution in [2.45, 2.75) is 82.8 Å². The highest BCUT2D eigenvalue weighted by Gasteiger charge is 2.66. The van der Waals surface area contributed by atoms with E-state index >= 15 is 0 Å². The summed E-state index contributed by atoms with van der Waals surface area (Å²) < 4.78 is 36.7. The summed E-state index contributed by atoms with van der Waals surface area (Å²) in [5.41, 5.74) is 0.660. The van der Waals surface area contributed by atoms with Crippen LogP contribution < -0.4 is 5.32 Å². The van der Waals surface area contributed by atoms with Crippen molar-refractivity contribution in [3.05, 3.63) is 30.3 Å². The van der Waals surface area contributed by atoms with Gasteiger partial charge in [0.1, 0.15) is 12.7 Å². The van der Waals surface area contributed by atoms with Crippen molar-refractivity contribution >= 4 is 11.8 Å². The van der Waals surface area contributed by atoms with Crippen LogP contribution >= 0.6 is 0 Å². The molecule has 4 atom stereocenters. The lowest BCUT2D eigenvalue weighted by molar-refractivity contribution is -0.279. The van der Waals surface area contributed by atoms with Crippen LogP contribution in [0.15, 0.2) is 30.3 Å². The largest absolute Gasteiger partial charge is 0.440 e. The van der Waals surface area contributed by atoms with Crippen LogP contribution in [0, 0.1) is 0 Å². The summed E-state index contributed by atoms with van der Waals surface area (Å²) in [4.78, 5) is 15.2. The van der Waals surface area contributed by atoms with Gasteiger partial charge in [-0.1, -0.05) is 50.8 Å². The van der Waals surface area contributed by atoms with E-state index in [1.807, 2.05) is 44.2 Å². The van der Waals surface area contributed by atoms with Gasteiger partial charge in [0.2, 0.25) is 5.79 Å². The van der Waals surface area contributed by atoms with Gasteiger partial charge < -0.3 is 28.4 Å². The molecule has 9 heteroatoms. The van der Waals surface area contributed by atoms with Gasteiger partial charge in [-0.05, 0) is 32.4 Å². The molecule has 1 aromatic carbocycles. The number of carbonyl (C=O) groups excluding carboxylic acids is 1. The summed E-state index contributed by atoms with van der Waals surface area (Å²) in [5.74, 6) is -2.03. The SMILES string of the molecule is CCCCCCCOC[C@@]12O[C@@H](CN3CCOCC3)[C@@H](OC(=O)Nc3ccccc3)[C@@H]1OC(C)(C)O2. The lowest BCUT2D eigenvalue weighted by atomic mass is 10.0. The first-order valence-corrected chi connectivity index (χ1v) is 13.4. The van der Waals surface area contributed by atoms with Crippen LogP contribution in [0.2, 0.25) is 0 Å². The first-order chi connectivity index (χ1) is 17.4. The highest BCUT2D eigenvalue weighted by molar-refractivity contribution is 5.84. The minimum atomic E-state index is -1.14. The fourth-order valence-electron chi connectivity index (χ4n) is 5.10. The van der Waals surface area contributed by atoms with Crippen molar-refractivity contribution < 1.29 is 33.2 Å². The van der Waals surface area contributed by atoms with Gasteiger partial charge in [0.05, 0.1) is 13.2 Å². The highest BCUT2D eigenvalue weighted by Crippen LogP contribution is 2.47. The zero-order valence-corrected chi connectivity index (χ0v) is 21.9. The number of nitrogens with one attached hydrogen (secondary N) is 1. The highest BCUT2D eigenvalue weighted by atomic mass is 16.9. The van der Waals surface area contributed by atoms with Crippen LogP contribution in [-0.4, -0.2) is 86.9 Å². The lowest BCUT2D eigenvalue weighted by Crippen LogP contribution is -2.47. The second-order valence-corrected chi connectivity index (χ2v) is 10.2. The second-order valence-electron chi connectivity index (χ2n) is 10.2. The molecule has 3 heterocycles. The van der Waals surface area contributed by atoms with E-state index in [1.165, 1.54) is 19.3 Å². The molecule has 0 unspecified atom stereocenters. The second kappa shape index (κ2) is 12.7. The number of amides is 1. The monoisotopic (exact) mass is 506 g/mol. The molecule has 1 aromatic rings. The van der Waals surface area contributed by atoms with Crippen LogP contribution in [0.5, 0.6) is 0 Å². The Labute approximate surface area is 214 Å². The number of para-hydroxylation sites is 1. The van der Waals surface area contributed by atoms with Gasteiger partial charge in [0.25, 0.3) is 0 Å². The van der Waals surface area contributed by atoms with Gasteiger partial charge in [-0.3, -0.25) is 10.2 Å². The molecule has 0 aromatic heterocycles. The van der Waals surface area contributed by atoms with E-state index in [0.29, 0.717) is 32.1 Å². The van der Waals surface area contributed by atoms with E-state index in [0.717, 1.165) is 25.9 Å². The molecule has 0 spiro atoms.